The van der Waals surface area contributed by atoms with E-state index in [-0.39, 0.29) is 11.8 Å². The average molecular weight is 310 g/mol. The monoisotopic (exact) mass is 310 g/mol. The van der Waals surface area contributed by atoms with Gasteiger partial charge < -0.3 is 10.2 Å². The molecule has 0 heterocycles. The molecule has 2 rings (SSSR count). The van der Waals surface area contributed by atoms with E-state index < -0.39 is 0 Å². The van der Waals surface area contributed by atoms with Crippen LogP contribution in [-0.4, -0.2) is 30.8 Å². The van der Waals surface area contributed by atoms with Crippen molar-refractivity contribution in [2.24, 2.45) is 0 Å². The van der Waals surface area contributed by atoms with Crippen molar-refractivity contribution < 1.29 is 9.59 Å². The Bertz CT molecular complexity index is 708. The van der Waals surface area contributed by atoms with Crippen molar-refractivity contribution in [3.63, 3.8) is 0 Å². The summed E-state index contributed by atoms with van der Waals surface area (Å²) in [6.45, 7) is 2.04. The van der Waals surface area contributed by atoms with Crippen LogP contribution in [0.4, 0.5) is 5.69 Å². The van der Waals surface area contributed by atoms with Gasteiger partial charge in [0.05, 0.1) is 0 Å². The van der Waals surface area contributed by atoms with E-state index in [1.54, 1.807) is 38.4 Å². The number of carbonyl (C=O) groups is 2. The van der Waals surface area contributed by atoms with Crippen LogP contribution >= 0.6 is 0 Å². The molecule has 0 fully saturated rings. The molecule has 0 aliphatic heterocycles. The normalized spacial score (nSPS) is 10.2. The lowest BCUT2D eigenvalue weighted by atomic mass is 10.1. The van der Waals surface area contributed by atoms with Crippen molar-refractivity contribution in [1.29, 1.82) is 0 Å². The molecule has 0 saturated heterocycles. The first-order valence-electron chi connectivity index (χ1n) is 7.63. The molecule has 2 aromatic carbocycles. The van der Waals surface area contributed by atoms with Crippen LogP contribution in [0.25, 0.3) is 0 Å². The van der Waals surface area contributed by atoms with Crippen molar-refractivity contribution >= 4 is 17.5 Å². The van der Waals surface area contributed by atoms with Gasteiger partial charge in [0.15, 0.2) is 0 Å². The quantitative estimate of drug-likeness (QED) is 0.921. The fourth-order valence-corrected chi connectivity index (χ4v) is 2.34. The van der Waals surface area contributed by atoms with Crippen molar-refractivity contribution in [2.45, 2.75) is 19.8 Å². The highest BCUT2D eigenvalue weighted by Gasteiger charge is 2.09. The summed E-state index contributed by atoms with van der Waals surface area (Å²) in [4.78, 5) is 25.5. The first kappa shape index (κ1) is 16.7. The predicted octanol–water partition coefficient (Wildman–Crippen LogP) is 3.27. The number of carbonyl (C=O) groups excluding carboxylic acids is 2. The van der Waals surface area contributed by atoms with Crippen molar-refractivity contribution in [3.8, 4) is 0 Å². The maximum absolute atomic E-state index is 12.1. The van der Waals surface area contributed by atoms with Gasteiger partial charge in [0, 0.05) is 31.8 Å². The van der Waals surface area contributed by atoms with E-state index in [0.717, 1.165) is 5.56 Å². The highest BCUT2D eigenvalue weighted by molar-refractivity contribution is 5.97. The lowest BCUT2D eigenvalue weighted by molar-refractivity contribution is -0.116. The summed E-state index contributed by atoms with van der Waals surface area (Å²) in [6.07, 6.45) is 1.11. The molecule has 0 unspecified atom stereocenters. The van der Waals surface area contributed by atoms with E-state index in [1.165, 1.54) is 10.5 Å². The Kier molecular flexibility index (Phi) is 5.52. The van der Waals surface area contributed by atoms with Crippen LogP contribution in [0.5, 0.6) is 0 Å². The number of rotatable bonds is 5. The van der Waals surface area contributed by atoms with Crippen LogP contribution in [0, 0.1) is 6.92 Å². The van der Waals surface area contributed by atoms with Gasteiger partial charge in [0.1, 0.15) is 0 Å². The molecule has 23 heavy (non-hydrogen) atoms. The zero-order valence-corrected chi connectivity index (χ0v) is 13.8. The largest absolute Gasteiger partial charge is 0.345 e. The van der Waals surface area contributed by atoms with Gasteiger partial charge >= 0.3 is 0 Å². The zero-order valence-electron chi connectivity index (χ0n) is 13.8. The topological polar surface area (TPSA) is 49.4 Å². The van der Waals surface area contributed by atoms with Gasteiger partial charge in [-0.1, -0.05) is 35.9 Å². The average Bonchev–Trinajstić information content (AvgIpc) is 2.52. The van der Waals surface area contributed by atoms with Crippen LogP contribution < -0.4 is 5.32 Å². The zero-order chi connectivity index (χ0) is 16.8. The summed E-state index contributed by atoms with van der Waals surface area (Å²) in [5.41, 5.74) is 3.55. The molecule has 0 atom stereocenters. The molecule has 120 valence electrons. The fraction of sp³-hybridized carbons (Fsp3) is 0.263. The molecular weight excluding hydrogens is 288 g/mol. The Morgan fingerprint density at radius 2 is 1.78 bits per heavy atom. The number of benzene rings is 2. The second kappa shape index (κ2) is 7.58. The molecule has 2 amide bonds. The Morgan fingerprint density at radius 3 is 2.48 bits per heavy atom. The minimum atomic E-state index is -0.0825. The number of hydrogen-bond donors (Lipinski definition) is 1. The van der Waals surface area contributed by atoms with Gasteiger partial charge in [0.2, 0.25) is 5.91 Å². The van der Waals surface area contributed by atoms with Gasteiger partial charge in [-0.3, -0.25) is 9.59 Å². The minimum absolute atomic E-state index is 0.0547. The summed E-state index contributed by atoms with van der Waals surface area (Å²) in [5.74, 6) is -0.137. The molecule has 0 saturated carbocycles. The van der Waals surface area contributed by atoms with Crippen molar-refractivity contribution in [3.05, 3.63) is 65.2 Å². The van der Waals surface area contributed by atoms with Crippen LogP contribution in [0.2, 0.25) is 0 Å². The standard InChI is InChI=1S/C19H22N2O2/c1-14-6-4-7-15(12-14)10-11-18(22)20-17-9-5-8-16(13-17)19(23)21(2)3/h4-9,12-13H,10-11H2,1-3H3,(H,20,22). The third-order valence-electron chi connectivity index (χ3n) is 3.52. The number of anilines is 1. The second-order valence-corrected chi connectivity index (χ2v) is 5.82. The van der Waals surface area contributed by atoms with E-state index in [1.807, 2.05) is 25.1 Å². The number of aryl methyl sites for hydroxylation is 2. The van der Waals surface area contributed by atoms with E-state index >= 15 is 0 Å². The minimum Gasteiger partial charge on any atom is -0.345 e. The third kappa shape index (κ3) is 4.95. The summed E-state index contributed by atoms with van der Waals surface area (Å²) < 4.78 is 0. The van der Waals surface area contributed by atoms with Crippen molar-refractivity contribution in [1.82, 2.24) is 4.90 Å². The van der Waals surface area contributed by atoms with Crippen molar-refractivity contribution in [2.75, 3.05) is 19.4 Å². The third-order valence-corrected chi connectivity index (χ3v) is 3.52. The summed E-state index contributed by atoms with van der Waals surface area (Å²) >= 11 is 0. The van der Waals surface area contributed by atoms with Gasteiger partial charge in [-0.25, -0.2) is 0 Å². The van der Waals surface area contributed by atoms with Gasteiger partial charge in [0.25, 0.3) is 5.91 Å². The van der Waals surface area contributed by atoms with Crippen LogP contribution in [0.15, 0.2) is 48.5 Å². The highest BCUT2D eigenvalue weighted by Crippen LogP contribution is 2.13. The first-order valence-corrected chi connectivity index (χ1v) is 7.63. The van der Waals surface area contributed by atoms with Crippen LogP contribution in [0.1, 0.15) is 27.9 Å². The van der Waals surface area contributed by atoms with Gasteiger partial charge in [-0.05, 0) is 37.1 Å². The smallest absolute Gasteiger partial charge is 0.253 e. The van der Waals surface area contributed by atoms with Gasteiger partial charge in [-0.15, -0.1) is 0 Å². The summed E-state index contributed by atoms with van der Waals surface area (Å²) in [5, 5.41) is 2.85. The number of hydrogen-bond acceptors (Lipinski definition) is 2. The molecular formula is C19H22N2O2. The number of amides is 2. The Labute approximate surface area is 137 Å². The molecule has 0 bridgehead atoms. The maximum Gasteiger partial charge on any atom is 0.253 e. The maximum atomic E-state index is 12.1. The highest BCUT2D eigenvalue weighted by atomic mass is 16.2. The summed E-state index contributed by atoms with van der Waals surface area (Å²) in [7, 11) is 3.41. The van der Waals surface area contributed by atoms with Crippen LogP contribution in [0.3, 0.4) is 0 Å². The number of nitrogens with one attached hydrogen (secondary N) is 1. The first-order chi connectivity index (χ1) is 11.0. The van der Waals surface area contributed by atoms with Crippen LogP contribution in [-0.2, 0) is 11.2 Å². The SMILES string of the molecule is Cc1cccc(CCC(=O)Nc2cccc(C(=O)N(C)C)c2)c1. The molecule has 2 aromatic rings. The lowest BCUT2D eigenvalue weighted by Gasteiger charge is -2.11. The molecule has 0 spiro atoms. The van der Waals surface area contributed by atoms with E-state index in [9.17, 15) is 9.59 Å². The Balaban J connectivity index is 1.95. The molecule has 0 aromatic heterocycles. The summed E-state index contributed by atoms with van der Waals surface area (Å²) in [6, 6.07) is 15.2. The van der Waals surface area contributed by atoms with E-state index in [2.05, 4.69) is 11.4 Å². The predicted molar refractivity (Wildman–Crippen MR) is 92.6 cm³/mol. The number of nitrogens with zero attached hydrogens (tertiary/aromatic N) is 1. The van der Waals surface area contributed by atoms with Gasteiger partial charge in [-0.2, -0.15) is 0 Å². The molecule has 1 N–H and O–H groups in total. The van der Waals surface area contributed by atoms with E-state index in [0.29, 0.717) is 24.1 Å². The van der Waals surface area contributed by atoms with E-state index in [4.69, 9.17) is 0 Å². The lowest BCUT2D eigenvalue weighted by Crippen LogP contribution is -2.22. The Hall–Kier alpha value is -2.62. The molecule has 4 nitrogen and oxygen atoms in total. The molecule has 0 aliphatic carbocycles. The molecule has 4 heteroatoms. The molecule has 0 aliphatic rings. The fourth-order valence-electron chi connectivity index (χ4n) is 2.34. The Morgan fingerprint density at radius 1 is 1.04 bits per heavy atom. The second-order valence-electron chi connectivity index (χ2n) is 5.82. The molecule has 0 radical (unpaired) electrons.